The van der Waals surface area contributed by atoms with Crippen molar-refractivity contribution >= 4 is 0 Å². The second-order valence-corrected chi connectivity index (χ2v) is 5.66. The van der Waals surface area contributed by atoms with Crippen LogP contribution in [0.1, 0.15) is 46.0 Å². The van der Waals surface area contributed by atoms with Crippen molar-refractivity contribution in [3.63, 3.8) is 0 Å². The maximum Gasteiger partial charge on any atom is 0.0771 e. The highest BCUT2D eigenvalue weighted by Crippen LogP contribution is 2.27. The van der Waals surface area contributed by atoms with Crippen LogP contribution in [0.3, 0.4) is 0 Å². The van der Waals surface area contributed by atoms with Crippen molar-refractivity contribution in [3.8, 4) is 0 Å². The fourth-order valence-corrected chi connectivity index (χ4v) is 2.47. The lowest BCUT2D eigenvalue weighted by Crippen LogP contribution is -2.44. The van der Waals surface area contributed by atoms with E-state index in [1.54, 1.807) is 0 Å². The smallest absolute Gasteiger partial charge is 0.0771 e. The molecule has 1 fully saturated rings. The highest BCUT2D eigenvalue weighted by atomic mass is 16.3. The molecule has 1 aliphatic rings. The molecule has 0 aliphatic heterocycles. The Morgan fingerprint density at radius 2 is 1.88 bits per heavy atom. The molecule has 1 aliphatic carbocycles. The van der Waals surface area contributed by atoms with Gasteiger partial charge in [-0.15, -0.1) is 0 Å². The highest BCUT2D eigenvalue weighted by Gasteiger charge is 2.28. The summed E-state index contributed by atoms with van der Waals surface area (Å²) in [6.45, 7) is 6.79. The minimum atomic E-state index is -0.450. The van der Waals surface area contributed by atoms with E-state index in [-0.39, 0.29) is 0 Å². The predicted molar refractivity (Wildman–Crippen MR) is 68.3 cm³/mol. The first-order valence-corrected chi connectivity index (χ1v) is 6.70. The van der Waals surface area contributed by atoms with Gasteiger partial charge in [-0.1, -0.05) is 33.1 Å². The van der Waals surface area contributed by atoms with Crippen molar-refractivity contribution in [3.05, 3.63) is 0 Å². The average Bonchev–Trinajstić information content (AvgIpc) is 2.25. The van der Waals surface area contributed by atoms with Crippen LogP contribution in [-0.2, 0) is 0 Å². The van der Waals surface area contributed by atoms with Crippen LogP contribution in [0.25, 0.3) is 0 Å². The summed E-state index contributed by atoms with van der Waals surface area (Å²) in [5.74, 6) is 1.13. The second-order valence-electron chi connectivity index (χ2n) is 5.66. The molecular formula is C13H28N2O. The summed E-state index contributed by atoms with van der Waals surface area (Å²) in [6, 6.07) is 0. The van der Waals surface area contributed by atoms with Crippen molar-refractivity contribution < 1.29 is 5.11 Å². The third-order valence-electron chi connectivity index (χ3n) is 3.89. The van der Waals surface area contributed by atoms with E-state index in [0.29, 0.717) is 11.8 Å². The number of nitrogens with two attached hydrogens (primary N) is 1. The number of nitrogens with one attached hydrogen (secondary N) is 1. The van der Waals surface area contributed by atoms with Gasteiger partial charge in [-0.05, 0) is 37.8 Å². The molecule has 16 heavy (non-hydrogen) atoms. The van der Waals surface area contributed by atoms with E-state index in [4.69, 9.17) is 5.73 Å². The summed E-state index contributed by atoms with van der Waals surface area (Å²) in [5, 5.41) is 13.7. The topological polar surface area (TPSA) is 58.3 Å². The van der Waals surface area contributed by atoms with Crippen LogP contribution in [0.2, 0.25) is 0 Å². The molecule has 1 saturated carbocycles. The molecule has 3 heteroatoms. The van der Waals surface area contributed by atoms with Gasteiger partial charge in [0.05, 0.1) is 5.60 Å². The zero-order valence-electron chi connectivity index (χ0n) is 10.8. The number of aliphatic hydroxyl groups is 1. The van der Waals surface area contributed by atoms with E-state index >= 15 is 0 Å². The lowest BCUT2D eigenvalue weighted by atomic mass is 9.84. The summed E-state index contributed by atoms with van der Waals surface area (Å²) in [5.41, 5.74) is 5.27. The third-order valence-corrected chi connectivity index (χ3v) is 3.89. The third kappa shape index (κ3) is 4.40. The van der Waals surface area contributed by atoms with Crippen LogP contribution in [0.5, 0.6) is 0 Å². The van der Waals surface area contributed by atoms with Crippen LogP contribution in [0.15, 0.2) is 0 Å². The molecule has 1 atom stereocenters. The van der Waals surface area contributed by atoms with Crippen molar-refractivity contribution in [2.24, 2.45) is 17.6 Å². The second kappa shape index (κ2) is 6.58. The Balaban J connectivity index is 2.22. The summed E-state index contributed by atoms with van der Waals surface area (Å²) >= 11 is 0. The zero-order valence-corrected chi connectivity index (χ0v) is 10.8. The molecular weight excluding hydrogens is 200 g/mol. The number of hydrogen-bond donors (Lipinski definition) is 3. The highest BCUT2D eigenvalue weighted by molar-refractivity contribution is 4.84. The Kier molecular flexibility index (Phi) is 5.73. The molecule has 96 valence electrons. The van der Waals surface area contributed by atoms with Gasteiger partial charge in [0, 0.05) is 6.54 Å². The fourth-order valence-electron chi connectivity index (χ4n) is 2.47. The zero-order chi connectivity index (χ0) is 12.0. The fraction of sp³-hybridized carbons (Fsp3) is 1.00. The lowest BCUT2D eigenvalue weighted by Gasteiger charge is -2.33. The Labute approximate surface area is 99.8 Å². The normalized spacial score (nSPS) is 22.3. The van der Waals surface area contributed by atoms with Gasteiger partial charge in [-0.3, -0.25) is 0 Å². The van der Waals surface area contributed by atoms with Gasteiger partial charge in [0.1, 0.15) is 0 Å². The standard InChI is InChI=1S/C13H28N2O/c1-11(2)12(8-14)9-15-10-13(16)6-4-3-5-7-13/h11-12,15-16H,3-10,14H2,1-2H3. The molecule has 0 radical (unpaired) electrons. The monoisotopic (exact) mass is 228 g/mol. The molecule has 0 aromatic rings. The molecule has 0 aromatic heterocycles. The van der Waals surface area contributed by atoms with Crippen LogP contribution >= 0.6 is 0 Å². The summed E-state index contributed by atoms with van der Waals surface area (Å²) < 4.78 is 0. The number of rotatable bonds is 6. The molecule has 4 N–H and O–H groups in total. The Bertz CT molecular complexity index is 188. The van der Waals surface area contributed by atoms with Gasteiger partial charge >= 0.3 is 0 Å². The lowest BCUT2D eigenvalue weighted by molar-refractivity contribution is 0.00402. The molecule has 0 bridgehead atoms. The Morgan fingerprint density at radius 1 is 1.25 bits per heavy atom. The molecule has 1 unspecified atom stereocenters. The van der Waals surface area contributed by atoms with E-state index in [0.717, 1.165) is 32.5 Å². The van der Waals surface area contributed by atoms with Crippen molar-refractivity contribution in [1.82, 2.24) is 5.32 Å². The van der Waals surface area contributed by atoms with E-state index in [9.17, 15) is 5.11 Å². The molecule has 3 nitrogen and oxygen atoms in total. The maximum atomic E-state index is 10.3. The molecule has 0 saturated heterocycles. The average molecular weight is 228 g/mol. The molecule has 0 amide bonds. The summed E-state index contributed by atoms with van der Waals surface area (Å²) in [4.78, 5) is 0. The van der Waals surface area contributed by atoms with E-state index in [1.807, 2.05) is 0 Å². The van der Waals surface area contributed by atoms with Crippen molar-refractivity contribution in [1.29, 1.82) is 0 Å². The quantitative estimate of drug-likeness (QED) is 0.646. The Morgan fingerprint density at radius 3 is 2.38 bits per heavy atom. The minimum Gasteiger partial charge on any atom is -0.389 e. The largest absolute Gasteiger partial charge is 0.389 e. The van der Waals surface area contributed by atoms with Crippen LogP contribution in [-0.4, -0.2) is 30.3 Å². The van der Waals surface area contributed by atoms with Crippen molar-refractivity contribution in [2.75, 3.05) is 19.6 Å². The van der Waals surface area contributed by atoms with Crippen LogP contribution < -0.4 is 11.1 Å². The van der Waals surface area contributed by atoms with Gasteiger partial charge in [-0.2, -0.15) is 0 Å². The molecule has 0 spiro atoms. The molecule has 0 heterocycles. The Hall–Kier alpha value is -0.120. The van der Waals surface area contributed by atoms with E-state index in [2.05, 4.69) is 19.2 Å². The van der Waals surface area contributed by atoms with Gasteiger partial charge < -0.3 is 16.2 Å². The molecule has 0 aromatic carbocycles. The van der Waals surface area contributed by atoms with Gasteiger partial charge in [0.25, 0.3) is 0 Å². The van der Waals surface area contributed by atoms with E-state index < -0.39 is 5.60 Å². The predicted octanol–water partition coefficient (Wildman–Crippen LogP) is 1.50. The van der Waals surface area contributed by atoms with Gasteiger partial charge in [0.2, 0.25) is 0 Å². The SMILES string of the molecule is CC(C)C(CN)CNCC1(O)CCCCC1. The van der Waals surface area contributed by atoms with Crippen molar-refractivity contribution in [2.45, 2.75) is 51.6 Å². The van der Waals surface area contributed by atoms with Crippen LogP contribution in [0, 0.1) is 11.8 Å². The van der Waals surface area contributed by atoms with Gasteiger partial charge in [-0.25, -0.2) is 0 Å². The molecule has 1 rings (SSSR count). The van der Waals surface area contributed by atoms with Crippen LogP contribution in [0.4, 0.5) is 0 Å². The van der Waals surface area contributed by atoms with Gasteiger partial charge in [0.15, 0.2) is 0 Å². The maximum absolute atomic E-state index is 10.3. The first-order chi connectivity index (χ1) is 7.57. The van der Waals surface area contributed by atoms with E-state index in [1.165, 1.54) is 19.3 Å². The summed E-state index contributed by atoms with van der Waals surface area (Å²) in [7, 11) is 0. The number of hydrogen-bond acceptors (Lipinski definition) is 3. The summed E-state index contributed by atoms with van der Waals surface area (Å²) in [6.07, 6.45) is 5.52. The first kappa shape index (κ1) is 13.9. The first-order valence-electron chi connectivity index (χ1n) is 6.70. The minimum absolute atomic E-state index is 0.450.